The summed E-state index contributed by atoms with van der Waals surface area (Å²) in [7, 11) is 0. The molecule has 3 saturated carbocycles. The average Bonchev–Trinajstić information content (AvgIpc) is 3.17. The van der Waals surface area contributed by atoms with Crippen LogP contribution in [0.15, 0.2) is 23.3 Å². The van der Waals surface area contributed by atoms with Crippen LogP contribution in [0.2, 0.25) is 0 Å². The second-order valence-corrected chi connectivity index (χ2v) is 13.1. The van der Waals surface area contributed by atoms with E-state index in [4.69, 9.17) is 0 Å². The van der Waals surface area contributed by atoms with Gasteiger partial charge in [0.1, 0.15) is 0 Å². The van der Waals surface area contributed by atoms with Gasteiger partial charge in [-0.05, 0) is 86.0 Å². The van der Waals surface area contributed by atoms with Crippen molar-refractivity contribution in [2.24, 2.45) is 28.6 Å². The van der Waals surface area contributed by atoms with E-state index in [1.807, 2.05) is 0 Å². The molecule has 4 fully saturated rings. The van der Waals surface area contributed by atoms with Gasteiger partial charge in [0.25, 0.3) is 0 Å². The van der Waals surface area contributed by atoms with Crippen molar-refractivity contribution in [3.8, 4) is 0 Å². The zero-order valence-electron chi connectivity index (χ0n) is 16.6. The molecule has 3 heteroatoms. The first kappa shape index (κ1) is 18.2. The number of hydrogen-bond donors (Lipinski definition) is 1. The van der Waals surface area contributed by atoms with Crippen LogP contribution in [-0.4, -0.2) is 26.8 Å². The average molecular weight is 391 g/mol. The Balaban J connectivity index is 1.48. The van der Waals surface area contributed by atoms with E-state index in [1.54, 1.807) is 5.57 Å². The fourth-order valence-electron chi connectivity index (χ4n) is 7.76. The topological polar surface area (TPSA) is 20.2 Å². The first-order valence-corrected chi connectivity index (χ1v) is 12.7. The van der Waals surface area contributed by atoms with Gasteiger partial charge >= 0.3 is 0 Å². The summed E-state index contributed by atoms with van der Waals surface area (Å²) >= 11 is 4.43. The van der Waals surface area contributed by atoms with Crippen LogP contribution in [0.25, 0.3) is 0 Å². The molecule has 0 bridgehead atoms. The first-order chi connectivity index (χ1) is 12.4. The highest BCUT2D eigenvalue weighted by atomic mass is 32.2. The summed E-state index contributed by atoms with van der Waals surface area (Å²) in [4.78, 5) is 0. The number of aliphatic hydroxyl groups excluding tert-OH is 1. The Bertz CT molecular complexity index is 661. The largest absolute Gasteiger partial charge is 0.389 e. The summed E-state index contributed by atoms with van der Waals surface area (Å²) in [6.45, 7) is 7.21. The van der Waals surface area contributed by atoms with E-state index >= 15 is 0 Å². The number of fused-ring (bicyclic) bond motifs is 5. The minimum absolute atomic E-state index is 0.181. The maximum Gasteiger partial charge on any atom is 0.0795 e. The minimum atomic E-state index is -0.181. The lowest BCUT2D eigenvalue weighted by atomic mass is 9.47. The van der Waals surface area contributed by atoms with Gasteiger partial charge in [-0.3, -0.25) is 0 Å². The quantitative estimate of drug-likeness (QED) is 0.509. The number of aliphatic hydroxyl groups is 1. The maximum atomic E-state index is 10.7. The van der Waals surface area contributed by atoms with E-state index in [-0.39, 0.29) is 11.5 Å². The van der Waals surface area contributed by atoms with Gasteiger partial charge < -0.3 is 5.11 Å². The molecule has 4 aliphatic carbocycles. The summed E-state index contributed by atoms with van der Waals surface area (Å²) in [5.74, 6) is 5.04. The predicted molar refractivity (Wildman–Crippen MR) is 114 cm³/mol. The molecule has 0 aromatic carbocycles. The molecule has 144 valence electrons. The molecule has 0 amide bonds. The zero-order chi connectivity index (χ0) is 18.2. The smallest absolute Gasteiger partial charge is 0.0795 e. The predicted octanol–water partition coefficient (Wildman–Crippen LogP) is 6.04. The summed E-state index contributed by atoms with van der Waals surface area (Å²) in [6, 6.07) is 0. The van der Waals surface area contributed by atoms with Crippen molar-refractivity contribution in [3.05, 3.63) is 23.3 Å². The van der Waals surface area contributed by atoms with Gasteiger partial charge in [-0.1, -0.05) is 31.6 Å². The molecule has 0 aromatic rings. The molecule has 1 nitrogen and oxygen atoms in total. The lowest BCUT2D eigenvalue weighted by Gasteiger charge is -2.58. The van der Waals surface area contributed by atoms with Crippen LogP contribution in [0.1, 0.15) is 65.7 Å². The SMILES string of the molecule is C/C=C1/[C@H](O)CC2C3CCC4=CC5(CC[C@]4(C)C3CC[C@]12C)SCCS5. The summed E-state index contributed by atoms with van der Waals surface area (Å²) in [6.07, 6.45) is 13.9. The fourth-order valence-corrected chi connectivity index (χ4v) is 10.9. The third-order valence-corrected chi connectivity index (χ3v) is 12.5. The van der Waals surface area contributed by atoms with Crippen molar-refractivity contribution >= 4 is 23.5 Å². The highest BCUT2D eigenvalue weighted by Gasteiger charge is 2.60. The monoisotopic (exact) mass is 390 g/mol. The molecule has 1 heterocycles. The van der Waals surface area contributed by atoms with Crippen molar-refractivity contribution < 1.29 is 5.11 Å². The third-order valence-electron chi connectivity index (χ3n) is 9.10. The molecular weight excluding hydrogens is 356 g/mol. The molecule has 0 aromatic heterocycles. The number of hydrogen-bond acceptors (Lipinski definition) is 3. The molecule has 1 spiro atoms. The van der Waals surface area contributed by atoms with Crippen LogP contribution in [-0.2, 0) is 0 Å². The molecule has 26 heavy (non-hydrogen) atoms. The van der Waals surface area contributed by atoms with Gasteiger partial charge in [0, 0.05) is 11.5 Å². The molecule has 6 atom stereocenters. The van der Waals surface area contributed by atoms with Crippen LogP contribution in [0.4, 0.5) is 0 Å². The Morgan fingerprint density at radius 1 is 1.04 bits per heavy atom. The third kappa shape index (κ3) is 2.35. The van der Waals surface area contributed by atoms with Crippen LogP contribution in [0.5, 0.6) is 0 Å². The maximum absolute atomic E-state index is 10.7. The lowest BCUT2D eigenvalue weighted by Crippen LogP contribution is -2.50. The number of allylic oxidation sites excluding steroid dienone is 2. The van der Waals surface area contributed by atoms with Crippen molar-refractivity contribution in [2.75, 3.05) is 11.5 Å². The Hall–Kier alpha value is 0.140. The van der Waals surface area contributed by atoms with Crippen LogP contribution in [0.3, 0.4) is 0 Å². The minimum Gasteiger partial charge on any atom is -0.389 e. The molecule has 5 aliphatic rings. The summed E-state index contributed by atoms with van der Waals surface area (Å²) in [5.41, 5.74) is 3.86. The van der Waals surface area contributed by atoms with Crippen LogP contribution >= 0.6 is 23.5 Å². The summed E-state index contributed by atoms with van der Waals surface area (Å²) in [5, 5.41) is 10.7. The van der Waals surface area contributed by atoms with Gasteiger partial charge in [0.05, 0.1) is 10.2 Å². The van der Waals surface area contributed by atoms with Crippen LogP contribution in [0, 0.1) is 28.6 Å². The molecule has 0 radical (unpaired) electrons. The van der Waals surface area contributed by atoms with Crippen molar-refractivity contribution in [2.45, 2.75) is 75.9 Å². The van der Waals surface area contributed by atoms with E-state index < -0.39 is 0 Å². The molecule has 5 rings (SSSR count). The van der Waals surface area contributed by atoms with Gasteiger partial charge in [0.2, 0.25) is 0 Å². The van der Waals surface area contributed by atoms with Crippen LogP contribution < -0.4 is 0 Å². The van der Waals surface area contributed by atoms with Crippen molar-refractivity contribution in [1.82, 2.24) is 0 Å². The number of rotatable bonds is 0. The Morgan fingerprint density at radius 3 is 2.54 bits per heavy atom. The lowest BCUT2D eigenvalue weighted by molar-refractivity contribution is -0.0268. The van der Waals surface area contributed by atoms with E-state index in [1.165, 1.54) is 55.6 Å². The van der Waals surface area contributed by atoms with Gasteiger partial charge in [0.15, 0.2) is 0 Å². The Kier molecular flexibility index (Phi) is 4.24. The second kappa shape index (κ2) is 6.07. The van der Waals surface area contributed by atoms with E-state index in [9.17, 15) is 5.11 Å². The molecular formula is C23H34OS2. The normalized spacial score (nSPS) is 51.1. The molecule has 3 unspecified atom stereocenters. The molecule has 1 N–H and O–H groups in total. The van der Waals surface area contributed by atoms with Crippen molar-refractivity contribution in [1.29, 1.82) is 0 Å². The van der Waals surface area contributed by atoms with E-state index in [2.05, 4.69) is 56.4 Å². The van der Waals surface area contributed by atoms with E-state index in [0.29, 0.717) is 15.4 Å². The second-order valence-electron chi connectivity index (χ2n) is 9.96. The summed E-state index contributed by atoms with van der Waals surface area (Å²) < 4.78 is 0.423. The van der Waals surface area contributed by atoms with Gasteiger partial charge in [-0.15, -0.1) is 23.5 Å². The molecule has 1 saturated heterocycles. The molecule has 1 aliphatic heterocycles. The highest BCUT2D eigenvalue weighted by molar-refractivity contribution is 8.21. The fraction of sp³-hybridized carbons (Fsp3) is 0.826. The van der Waals surface area contributed by atoms with E-state index in [0.717, 1.165) is 18.3 Å². The number of thioether (sulfide) groups is 2. The standard InChI is InChI=1S/C23H34OS2/c1-4-17-20(24)13-19-16-6-5-15-14-23(25-11-12-26-23)10-9-21(15,2)18(16)7-8-22(17,19)3/h4,14,16,18-20,24H,5-13H2,1-3H3/b17-4-/t16?,18?,19?,20-,21+,22-/m1/s1. The van der Waals surface area contributed by atoms with Gasteiger partial charge in [-0.25, -0.2) is 0 Å². The first-order valence-electron chi connectivity index (χ1n) is 10.8. The van der Waals surface area contributed by atoms with Gasteiger partial charge in [-0.2, -0.15) is 0 Å². The highest BCUT2D eigenvalue weighted by Crippen LogP contribution is 2.68. The Morgan fingerprint density at radius 2 is 1.81 bits per heavy atom. The zero-order valence-corrected chi connectivity index (χ0v) is 18.2. The Labute approximate surface area is 167 Å². The van der Waals surface area contributed by atoms with Crippen molar-refractivity contribution in [3.63, 3.8) is 0 Å².